The average molecular weight is 479 g/mol. The Balaban J connectivity index is 1.29. The van der Waals surface area contributed by atoms with E-state index >= 15 is 0 Å². The smallest absolute Gasteiger partial charge is 0.407 e. The van der Waals surface area contributed by atoms with Gasteiger partial charge in [0.25, 0.3) is 0 Å². The molecule has 35 heavy (non-hydrogen) atoms. The number of fused-ring (bicyclic) bond motifs is 3. The van der Waals surface area contributed by atoms with Crippen LogP contribution in [-0.2, 0) is 14.3 Å². The molecule has 2 aromatic carbocycles. The van der Waals surface area contributed by atoms with E-state index in [1.54, 1.807) is 0 Å². The first-order chi connectivity index (χ1) is 16.8. The topological polar surface area (TPSA) is 95.9 Å². The third-order valence-corrected chi connectivity index (χ3v) is 7.22. The summed E-state index contributed by atoms with van der Waals surface area (Å²) in [5.74, 6) is -1.14. The minimum absolute atomic E-state index is 0.0149. The summed E-state index contributed by atoms with van der Waals surface area (Å²) >= 11 is 0. The lowest BCUT2D eigenvalue weighted by molar-refractivity contribution is -0.148. The Bertz CT molecular complexity index is 1040. The normalized spacial score (nSPS) is 19.1. The van der Waals surface area contributed by atoms with E-state index in [-0.39, 0.29) is 42.9 Å². The second kappa shape index (κ2) is 10.9. The Hall–Kier alpha value is -3.35. The molecule has 0 aromatic heterocycles. The predicted octanol–water partition coefficient (Wildman–Crippen LogP) is 4.65. The molecule has 2 aliphatic rings. The van der Waals surface area contributed by atoms with Gasteiger partial charge in [-0.15, -0.1) is 0 Å². The van der Waals surface area contributed by atoms with Gasteiger partial charge in [-0.3, -0.25) is 9.59 Å². The highest BCUT2D eigenvalue weighted by molar-refractivity contribution is 5.83. The lowest BCUT2D eigenvalue weighted by Crippen LogP contribution is -2.45. The van der Waals surface area contributed by atoms with E-state index < -0.39 is 12.1 Å². The molecule has 7 nitrogen and oxygen atoms in total. The van der Waals surface area contributed by atoms with Crippen molar-refractivity contribution in [2.24, 2.45) is 11.8 Å². The van der Waals surface area contributed by atoms with Crippen LogP contribution in [-0.4, -0.2) is 53.7 Å². The fraction of sp³-hybridized carbons (Fsp3) is 0.464. The first kappa shape index (κ1) is 24.8. The molecule has 1 fully saturated rings. The molecule has 2 aromatic rings. The SMILES string of the molecule is CC(C)N(CC(=O)O)C(=O)C1CCCC(CNC(=O)OCC2c3ccccc3-c3ccccc32)C1. The molecule has 2 aliphatic carbocycles. The highest BCUT2D eigenvalue weighted by Crippen LogP contribution is 2.44. The number of carbonyl (C=O) groups is 3. The molecule has 0 heterocycles. The summed E-state index contributed by atoms with van der Waals surface area (Å²) in [6.45, 7) is 4.10. The maximum atomic E-state index is 13.0. The summed E-state index contributed by atoms with van der Waals surface area (Å²) in [5, 5.41) is 12.0. The number of alkyl carbamates (subject to hydrolysis) is 1. The van der Waals surface area contributed by atoms with Crippen molar-refractivity contribution in [1.82, 2.24) is 10.2 Å². The van der Waals surface area contributed by atoms with Crippen LogP contribution < -0.4 is 5.32 Å². The van der Waals surface area contributed by atoms with Gasteiger partial charge in [0.05, 0.1) is 0 Å². The molecule has 7 heteroatoms. The van der Waals surface area contributed by atoms with Crippen LogP contribution in [0.3, 0.4) is 0 Å². The van der Waals surface area contributed by atoms with Gasteiger partial charge >= 0.3 is 12.1 Å². The van der Waals surface area contributed by atoms with E-state index in [9.17, 15) is 14.4 Å². The van der Waals surface area contributed by atoms with Crippen molar-refractivity contribution in [3.05, 3.63) is 59.7 Å². The number of amides is 2. The molecule has 186 valence electrons. The van der Waals surface area contributed by atoms with Crippen LogP contribution >= 0.6 is 0 Å². The zero-order valence-corrected chi connectivity index (χ0v) is 20.4. The molecule has 2 atom stereocenters. The highest BCUT2D eigenvalue weighted by Gasteiger charge is 2.33. The van der Waals surface area contributed by atoms with Crippen LogP contribution in [0.25, 0.3) is 11.1 Å². The van der Waals surface area contributed by atoms with Crippen LogP contribution in [0.1, 0.15) is 56.6 Å². The Morgan fingerprint density at radius 1 is 1.03 bits per heavy atom. The Labute approximate surface area is 206 Å². The second-order valence-corrected chi connectivity index (χ2v) is 9.89. The maximum Gasteiger partial charge on any atom is 0.407 e. The quantitative estimate of drug-likeness (QED) is 0.576. The predicted molar refractivity (Wildman–Crippen MR) is 133 cm³/mol. The monoisotopic (exact) mass is 478 g/mol. The first-order valence-electron chi connectivity index (χ1n) is 12.5. The number of carboxylic acid groups (broad SMARTS) is 1. The van der Waals surface area contributed by atoms with Crippen LogP contribution in [0.5, 0.6) is 0 Å². The van der Waals surface area contributed by atoms with Gasteiger partial charge in [-0.05, 0) is 61.3 Å². The molecule has 0 saturated heterocycles. The van der Waals surface area contributed by atoms with Gasteiger partial charge in [-0.2, -0.15) is 0 Å². The van der Waals surface area contributed by atoms with Gasteiger partial charge in [0.15, 0.2) is 0 Å². The lowest BCUT2D eigenvalue weighted by Gasteiger charge is -2.34. The third-order valence-electron chi connectivity index (χ3n) is 7.22. The van der Waals surface area contributed by atoms with Gasteiger partial charge in [0.1, 0.15) is 13.2 Å². The summed E-state index contributed by atoms with van der Waals surface area (Å²) in [5.41, 5.74) is 4.72. The molecule has 2 N–H and O–H groups in total. The Morgan fingerprint density at radius 3 is 2.26 bits per heavy atom. The highest BCUT2D eigenvalue weighted by atomic mass is 16.5. The summed E-state index contributed by atoms with van der Waals surface area (Å²) in [4.78, 5) is 38.1. The fourth-order valence-electron chi connectivity index (χ4n) is 5.47. The van der Waals surface area contributed by atoms with Crippen molar-refractivity contribution in [3.8, 4) is 11.1 Å². The van der Waals surface area contributed by atoms with Gasteiger partial charge in [0.2, 0.25) is 5.91 Å². The Kier molecular flexibility index (Phi) is 7.73. The molecule has 2 amide bonds. The summed E-state index contributed by atoms with van der Waals surface area (Å²) in [6.07, 6.45) is 2.75. The summed E-state index contributed by atoms with van der Waals surface area (Å²) < 4.78 is 5.63. The van der Waals surface area contributed by atoms with Crippen LogP contribution in [0.2, 0.25) is 0 Å². The number of carbonyl (C=O) groups excluding carboxylic acids is 2. The van der Waals surface area contributed by atoms with Crippen LogP contribution in [0.4, 0.5) is 4.79 Å². The number of carboxylic acids is 1. The first-order valence-corrected chi connectivity index (χ1v) is 12.5. The second-order valence-electron chi connectivity index (χ2n) is 9.89. The lowest BCUT2D eigenvalue weighted by atomic mass is 9.80. The molecule has 4 rings (SSSR count). The van der Waals surface area contributed by atoms with E-state index in [1.807, 2.05) is 38.1 Å². The van der Waals surface area contributed by atoms with Gasteiger partial charge in [-0.25, -0.2) is 4.79 Å². The zero-order chi connectivity index (χ0) is 24.9. The number of rotatable bonds is 8. The third kappa shape index (κ3) is 5.66. The van der Waals surface area contributed by atoms with Crippen molar-refractivity contribution < 1.29 is 24.2 Å². The van der Waals surface area contributed by atoms with Gasteiger partial charge in [0, 0.05) is 24.4 Å². The molecule has 2 unspecified atom stereocenters. The van der Waals surface area contributed by atoms with Gasteiger partial charge in [-0.1, -0.05) is 55.0 Å². The number of benzene rings is 2. The van der Waals surface area contributed by atoms with Crippen LogP contribution in [0, 0.1) is 11.8 Å². The van der Waals surface area contributed by atoms with Crippen molar-refractivity contribution in [1.29, 1.82) is 0 Å². The zero-order valence-electron chi connectivity index (χ0n) is 20.4. The molecule has 0 radical (unpaired) electrons. The molecular formula is C28H34N2O5. The number of nitrogens with zero attached hydrogens (tertiary/aromatic N) is 1. The molecular weight excluding hydrogens is 444 g/mol. The van der Waals surface area contributed by atoms with E-state index in [1.165, 1.54) is 27.2 Å². The summed E-state index contributed by atoms with van der Waals surface area (Å²) in [7, 11) is 0. The minimum Gasteiger partial charge on any atom is -0.480 e. The number of hydrogen-bond acceptors (Lipinski definition) is 4. The summed E-state index contributed by atoms with van der Waals surface area (Å²) in [6, 6.07) is 16.3. The van der Waals surface area contributed by atoms with Crippen molar-refractivity contribution in [3.63, 3.8) is 0 Å². The fourth-order valence-corrected chi connectivity index (χ4v) is 5.47. The standard InChI is InChI=1S/C28H34N2O5/c1-18(2)30(16-26(31)32)27(33)20-9-7-8-19(14-20)15-29-28(34)35-17-25-23-12-5-3-10-21(23)22-11-4-6-13-24(22)25/h3-6,10-13,18-20,25H,7-9,14-17H2,1-2H3,(H,29,34)(H,31,32). The molecule has 0 aliphatic heterocycles. The molecule has 0 bridgehead atoms. The number of nitrogens with one attached hydrogen (secondary N) is 1. The Morgan fingerprint density at radius 2 is 1.66 bits per heavy atom. The van der Waals surface area contributed by atoms with E-state index in [0.29, 0.717) is 13.0 Å². The number of ether oxygens (including phenoxy) is 1. The van der Waals surface area contributed by atoms with Crippen LogP contribution in [0.15, 0.2) is 48.5 Å². The van der Waals surface area contributed by atoms with Crippen molar-refractivity contribution in [2.75, 3.05) is 19.7 Å². The maximum absolute atomic E-state index is 13.0. The molecule has 1 saturated carbocycles. The van der Waals surface area contributed by atoms with E-state index in [2.05, 4.69) is 29.6 Å². The average Bonchev–Trinajstić information content (AvgIpc) is 3.18. The minimum atomic E-state index is -1.00. The molecule has 0 spiro atoms. The van der Waals surface area contributed by atoms with Gasteiger partial charge < -0.3 is 20.1 Å². The van der Waals surface area contributed by atoms with Crippen molar-refractivity contribution in [2.45, 2.75) is 51.5 Å². The number of aliphatic carboxylic acids is 1. The number of hydrogen-bond donors (Lipinski definition) is 2. The largest absolute Gasteiger partial charge is 0.480 e. The van der Waals surface area contributed by atoms with E-state index in [0.717, 1.165) is 19.3 Å². The van der Waals surface area contributed by atoms with E-state index in [4.69, 9.17) is 9.84 Å². The van der Waals surface area contributed by atoms with Crippen molar-refractivity contribution >= 4 is 18.0 Å².